The van der Waals surface area contributed by atoms with E-state index in [0.29, 0.717) is 18.7 Å². The Labute approximate surface area is 107 Å². The molecule has 1 aromatic carbocycles. The molecule has 0 saturated heterocycles. The van der Waals surface area contributed by atoms with Gasteiger partial charge in [0.05, 0.1) is 0 Å². The highest BCUT2D eigenvalue weighted by molar-refractivity contribution is 5.87. The third kappa shape index (κ3) is 4.41. The lowest BCUT2D eigenvalue weighted by molar-refractivity contribution is -0.356. The van der Waals surface area contributed by atoms with Gasteiger partial charge in [-0.1, -0.05) is 24.3 Å². The van der Waals surface area contributed by atoms with Gasteiger partial charge in [0.1, 0.15) is 0 Å². The van der Waals surface area contributed by atoms with Crippen LogP contribution in [0.3, 0.4) is 0 Å². The van der Waals surface area contributed by atoms with Crippen LogP contribution in [-0.2, 0) is 4.79 Å². The van der Waals surface area contributed by atoms with Gasteiger partial charge in [-0.25, -0.2) is 0 Å². The summed E-state index contributed by atoms with van der Waals surface area (Å²) in [6.07, 6.45) is 5.27. The van der Waals surface area contributed by atoms with Crippen molar-refractivity contribution in [2.24, 2.45) is 0 Å². The van der Waals surface area contributed by atoms with Crippen molar-refractivity contribution in [2.75, 3.05) is 13.6 Å². The highest BCUT2D eigenvalue weighted by Crippen LogP contribution is 2.08. The van der Waals surface area contributed by atoms with E-state index in [1.807, 2.05) is 18.2 Å². The molecule has 0 N–H and O–H groups in total. The number of nitrogens with zero attached hydrogens (tertiary/aromatic N) is 2. The topological polar surface area (TPSA) is 46.4 Å². The number of amides is 1. The van der Waals surface area contributed by atoms with Crippen LogP contribution < -0.4 is 0 Å². The second-order valence-electron chi connectivity index (χ2n) is 3.89. The Morgan fingerprint density at radius 3 is 2.67 bits per heavy atom. The molecule has 0 aliphatic heterocycles. The quantitative estimate of drug-likeness (QED) is 0.263. The summed E-state index contributed by atoms with van der Waals surface area (Å²) in [5.74, 6) is -0.0527. The predicted octanol–water partition coefficient (Wildman–Crippen LogP) is 2.32. The summed E-state index contributed by atoms with van der Waals surface area (Å²) in [6.45, 7) is 2.32. The van der Waals surface area contributed by atoms with E-state index in [9.17, 15) is 10.0 Å². The van der Waals surface area contributed by atoms with Gasteiger partial charge in [0.25, 0.3) is 0 Å². The van der Waals surface area contributed by atoms with Crippen LogP contribution in [0.4, 0.5) is 5.69 Å². The normalized spacial score (nSPS) is 11.8. The fourth-order valence-corrected chi connectivity index (χ4v) is 1.43. The van der Waals surface area contributed by atoms with Crippen molar-refractivity contribution >= 4 is 17.8 Å². The second-order valence-corrected chi connectivity index (χ2v) is 3.89. The Morgan fingerprint density at radius 1 is 1.39 bits per heavy atom. The first kappa shape index (κ1) is 14.0. The Kier molecular flexibility index (Phi) is 5.64. The van der Waals surface area contributed by atoms with Crippen LogP contribution in [-0.4, -0.2) is 35.4 Å². The predicted molar refractivity (Wildman–Crippen MR) is 72.9 cm³/mol. The van der Waals surface area contributed by atoms with Crippen molar-refractivity contribution in [3.8, 4) is 0 Å². The van der Waals surface area contributed by atoms with Gasteiger partial charge in [-0.2, -0.15) is 4.74 Å². The molecule has 4 heteroatoms. The molecule has 0 aromatic heterocycles. The summed E-state index contributed by atoms with van der Waals surface area (Å²) in [7, 11) is 1.72. The lowest BCUT2D eigenvalue weighted by Gasteiger charge is -2.13. The maximum atomic E-state index is 11.7. The van der Waals surface area contributed by atoms with Crippen LogP contribution in [0, 0.1) is 5.21 Å². The largest absolute Gasteiger partial charge is 0.619 e. The zero-order chi connectivity index (χ0) is 13.4. The number of rotatable bonds is 5. The van der Waals surface area contributed by atoms with Crippen LogP contribution in [0.5, 0.6) is 0 Å². The minimum atomic E-state index is -0.0527. The summed E-state index contributed by atoms with van der Waals surface area (Å²) in [4.78, 5) is 13.0. The molecule has 1 aromatic rings. The molecule has 0 aliphatic rings. The summed E-state index contributed by atoms with van der Waals surface area (Å²) in [6, 6.07) is 8.99. The van der Waals surface area contributed by atoms with Gasteiger partial charge in [0.15, 0.2) is 6.21 Å². The molecule has 0 spiro atoms. The number of likely N-dealkylation sites (N-methyl/N-ethyl adjacent to an activating group) is 1. The van der Waals surface area contributed by atoms with E-state index in [-0.39, 0.29) is 5.91 Å². The van der Waals surface area contributed by atoms with Crippen LogP contribution in [0.15, 0.2) is 42.5 Å². The number of allylic oxidation sites excluding steroid dienone is 1. The molecule has 0 saturated carbocycles. The van der Waals surface area contributed by atoms with E-state index in [0.717, 1.165) is 4.74 Å². The molecule has 0 heterocycles. The SMILES string of the molecule is C/C=C/C(=O)N(C)CC/C=[N+](\[O-])c1ccccc1. The lowest BCUT2D eigenvalue weighted by Crippen LogP contribution is -2.26. The lowest BCUT2D eigenvalue weighted by atomic mass is 10.3. The van der Waals surface area contributed by atoms with Gasteiger partial charge < -0.3 is 10.1 Å². The van der Waals surface area contributed by atoms with E-state index in [1.54, 1.807) is 37.1 Å². The van der Waals surface area contributed by atoms with Crippen molar-refractivity contribution in [3.05, 3.63) is 47.7 Å². The highest BCUT2D eigenvalue weighted by Gasteiger charge is 2.04. The van der Waals surface area contributed by atoms with Gasteiger partial charge in [0.2, 0.25) is 11.6 Å². The van der Waals surface area contributed by atoms with E-state index in [2.05, 4.69) is 0 Å². The molecule has 4 nitrogen and oxygen atoms in total. The molecule has 96 valence electrons. The van der Waals surface area contributed by atoms with Crippen LogP contribution >= 0.6 is 0 Å². The third-order valence-electron chi connectivity index (χ3n) is 2.46. The van der Waals surface area contributed by atoms with E-state index in [1.165, 1.54) is 12.3 Å². The first-order chi connectivity index (χ1) is 8.65. The number of hydrogen-bond acceptors (Lipinski definition) is 2. The van der Waals surface area contributed by atoms with Gasteiger partial charge in [0, 0.05) is 32.1 Å². The molecule has 1 rings (SSSR count). The van der Waals surface area contributed by atoms with E-state index >= 15 is 0 Å². The molecule has 0 aliphatic carbocycles. The summed E-state index contributed by atoms with van der Waals surface area (Å²) in [5, 5.41) is 11.7. The van der Waals surface area contributed by atoms with Gasteiger partial charge in [-0.05, 0) is 13.0 Å². The van der Waals surface area contributed by atoms with Crippen molar-refractivity contribution in [1.29, 1.82) is 0 Å². The highest BCUT2D eigenvalue weighted by atomic mass is 16.5. The van der Waals surface area contributed by atoms with Gasteiger partial charge in [-0.15, -0.1) is 0 Å². The summed E-state index contributed by atoms with van der Waals surface area (Å²) < 4.78 is 0.827. The zero-order valence-corrected chi connectivity index (χ0v) is 10.7. The molecule has 18 heavy (non-hydrogen) atoms. The smallest absolute Gasteiger partial charge is 0.245 e. The molecule has 0 unspecified atom stereocenters. The van der Waals surface area contributed by atoms with Crippen molar-refractivity contribution in [3.63, 3.8) is 0 Å². The second kappa shape index (κ2) is 7.27. The number of benzene rings is 1. The average Bonchev–Trinajstić information content (AvgIpc) is 2.39. The number of carbonyl (C=O) groups excluding carboxylic acids is 1. The first-order valence-electron chi connectivity index (χ1n) is 5.87. The summed E-state index contributed by atoms with van der Waals surface area (Å²) in [5.41, 5.74) is 0.597. The molecule has 0 radical (unpaired) electrons. The van der Waals surface area contributed by atoms with E-state index in [4.69, 9.17) is 0 Å². The van der Waals surface area contributed by atoms with E-state index < -0.39 is 0 Å². The maximum Gasteiger partial charge on any atom is 0.245 e. The van der Waals surface area contributed by atoms with Crippen molar-refractivity contribution < 1.29 is 9.53 Å². The minimum absolute atomic E-state index is 0.0527. The Balaban J connectivity index is 2.48. The number of carbonyl (C=O) groups is 1. The molecule has 0 fully saturated rings. The minimum Gasteiger partial charge on any atom is -0.619 e. The first-order valence-corrected chi connectivity index (χ1v) is 5.87. The number of para-hydroxylation sites is 1. The average molecular weight is 246 g/mol. The van der Waals surface area contributed by atoms with Crippen LogP contribution in [0.25, 0.3) is 0 Å². The Morgan fingerprint density at radius 2 is 2.06 bits per heavy atom. The Hall–Kier alpha value is -2.10. The van der Waals surface area contributed by atoms with Crippen LogP contribution in [0.1, 0.15) is 13.3 Å². The zero-order valence-electron chi connectivity index (χ0n) is 10.7. The summed E-state index contributed by atoms with van der Waals surface area (Å²) >= 11 is 0. The maximum absolute atomic E-state index is 11.7. The molecule has 1 amide bonds. The standard InChI is InChI=1S/C14H18N2O2/c1-3-8-14(17)15(2)11-7-12-16(18)13-9-5-4-6-10-13/h3-6,8-10,12H,7,11H2,1-2H3/b8-3+,16-12-. The van der Waals surface area contributed by atoms with Crippen molar-refractivity contribution in [1.82, 2.24) is 4.90 Å². The van der Waals surface area contributed by atoms with Gasteiger partial charge >= 0.3 is 0 Å². The molecular weight excluding hydrogens is 228 g/mol. The Bertz CT molecular complexity index is 438. The number of hydrogen-bond donors (Lipinski definition) is 0. The molecule has 0 atom stereocenters. The third-order valence-corrected chi connectivity index (χ3v) is 2.46. The van der Waals surface area contributed by atoms with Crippen LogP contribution in [0.2, 0.25) is 0 Å². The molecular formula is C14H18N2O2. The van der Waals surface area contributed by atoms with Gasteiger partial charge in [-0.3, -0.25) is 4.79 Å². The van der Waals surface area contributed by atoms with Crippen molar-refractivity contribution in [2.45, 2.75) is 13.3 Å². The fraction of sp³-hybridized carbons (Fsp3) is 0.286. The fourth-order valence-electron chi connectivity index (χ4n) is 1.43. The monoisotopic (exact) mass is 246 g/mol. The molecule has 0 bridgehead atoms.